The highest BCUT2D eigenvalue weighted by molar-refractivity contribution is 6.41. The first kappa shape index (κ1) is 15.6. The Bertz CT molecular complexity index is 736. The quantitative estimate of drug-likeness (QED) is 0.607. The van der Waals surface area contributed by atoms with Gasteiger partial charge in [-0.15, -0.1) is 5.10 Å². The van der Waals surface area contributed by atoms with Gasteiger partial charge in [-0.05, 0) is 36.8 Å². The molecule has 2 fully saturated rings. The Balaban J connectivity index is 1.38. The van der Waals surface area contributed by atoms with Crippen molar-refractivity contribution in [3.8, 4) is 0 Å². The molecule has 0 N–H and O–H groups in total. The van der Waals surface area contributed by atoms with Gasteiger partial charge >= 0.3 is 5.97 Å². The second kappa shape index (κ2) is 6.16. The minimum absolute atomic E-state index is 0.336. The summed E-state index contributed by atoms with van der Waals surface area (Å²) in [5, 5.41) is 8.49. The third-order valence-corrected chi connectivity index (χ3v) is 5.13. The summed E-state index contributed by atoms with van der Waals surface area (Å²) in [6.07, 6.45) is 2.32. The lowest BCUT2D eigenvalue weighted by atomic mass is 10.1. The van der Waals surface area contributed by atoms with Crippen LogP contribution in [0, 0.1) is 11.8 Å². The van der Waals surface area contributed by atoms with Gasteiger partial charge in [0.1, 0.15) is 11.0 Å². The Labute approximate surface area is 145 Å². The fourth-order valence-electron chi connectivity index (χ4n) is 3.39. The van der Waals surface area contributed by atoms with Crippen LogP contribution in [0.1, 0.15) is 25.3 Å². The maximum Gasteiger partial charge on any atom is 0.354 e. The summed E-state index contributed by atoms with van der Waals surface area (Å²) in [6.45, 7) is 4.29. The summed E-state index contributed by atoms with van der Waals surface area (Å²) in [7, 11) is 0. The Hall–Kier alpha value is -1.95. The molecule has 1 aromatic rings. The topological polar surface area (TPSA) is 67.2 Å². The molecule has 1 saturated heterocycles. The van der Waals surface area contributed by atoms with Crippen LogP contribution in [-0.2, 0) is 16.0 Å². The summed E-state index contributed by atoms with van der Waals surface area (Å²) in [4.78, 5) is 18.5. The van der Waals surface area contributed by atoms with Gasteiger partial charge in [-0.2, -0.15) is 5.10 Å². The van der Waals surface area contributed by atoms with Crippen molar-refractivity contribution in [1.82, 2.24) is 4.98 Å². The number of hydrogen-bond donors (Lipinski definition) is 0. The van der Waals surface area contributed by atoms with Crippen LogP contribution in [0.15, 0.2) is 22.3 Å². The Morgan fingerprint density at radius 1 is 1.33 bits per heavy atom. The van der Waals surface area contributed by atoms with Crippen molar-refractivity contribution in [2.75, 3.05) is 24.6 Å². The number of hydrogen-bond acceptors (Lipinski definition) is 6. The number of pyridine rings is 1. The molecule has 0 bridgehead atoms. The van der Waals surface area contributed by atoms with Gasteiger partial charge in [-0.25, -0.2) is 9.78 Å². The van der Waals surface area contributed by atoms with E-state index < -0.39 is 5.97 Å². The summed E-state index contributed by atoms with van der Waals surface area (Å²) in [5.41, 5.74) is 2.06. The summed E-state index contributed by atoms with van der Waals surface area (Å²) >= 11 is 6.36. The number of fused-ring (bicyclic) bond motifs is 1. The summed E-state index contributed by atoms with van der Waals surface area (Å²) in [5.74, 6) is 2.27. The first-order valence-corrected chi connectivity index (χ1v) is 8.71. The minimum Gasteiger partial charge on any atom is -0.461 e. The van der Waals surface area contributed by atoms with Crippen LogP contribution in [0.25, 0.3) is 0 Å². The molecule has 0 radical (unpaired) electrons. The van der Waals surface area contributed by atoms with Crippen LogP contribution in [0.3, 0.4) is 0 Å². The normalized spacial score (nSPS) is 24.5. The average Bonchev–Trinajstić information content (AvgIpc) is 2.98. The molecule has 3 aliphatic rings. The van der Waals surface area contributed by atoms with Crippen LogP contribution in [0.5, 0.6) is 0 Å². The molecule has 0 spiro atoms. The number of ether oxygens (including phenoxy) is 1. The molecule has 1 aliphatic carbocycles. The third kappa shape index (κ3) is 3.02. The molecule has 2 unspecified atom stereocenters. The Morgan fingerprint density at radius 3 is 2.83 bits per heavy atom. The van der Waals surface area contributed by atoms with Crippen molar-refractivity contribution in [2.45, 2.75) is 26.2 Å². The number of piperidine rings is 1. The highest BCUT2D eigenvalue weighted by Crippen LogP contribution is 2.46. The minimum atomic E-state index is -0.400. The average molecular weight is 347 g/mol. The molecule has 3 heterocycles. The maximum atomic E-state index is 11.7. The molecule has 0 amide bonds. The van der Waals surface area contributed by atoms with E-state index in [9.17, 15) is 4.79 Å². The zero-order valence-electron chi connectivity index (χ0n) is 13.5. The number of carbonyl (C=O) groups excluding carboxylic acids is 1. The van der Waals surface area contributed by atoms with Crippen molar-refractivity contribution < 1.29 is 9.53 Å². The predicted octanol–water partition coefficient (Wildman–Crippen LogP) is 2.50. The molecular formula is C17H19ClN4O2. The van der Waals surface area contributed by atoms with Crippen molar-refractivity contribution >= 4 is 34.8 Å². The molecule has 4 rings (SSSR count). The van der Waals surface area contributed by atoms with E-state index in [1.165, 1.54) is 6.42 Å². The van der Waals surface area contributed by atoms with E-state index in [0.29, 0.717) is 30.3 Å². The Kier molecular flexibility index (Phi) is 4.00. The molecule has 6 nitrogen and oxygen atoms in total. The lowest BCUT2D eigenvalue weighted by molar-refractivity contribution is -0.135. The highest BCUT2D eigenvalue weighted by Gasteiger charge is 2.45. The monoisotopic (exact) mass is 346 g/mol. The van der Waals surface area contributed by atoms with Crippen molar-refractivity contribution in [3.05, 3.63) is 22.8 Å². The van der Waals surface area contributed by atoms with Gasteiger partial charge in [-0.3, -0.25) is 0 Å². The number of esters is 1. The van der Waals surface area contributed by atoms with Gasteiger partial charge in [0.25, 0.3) is 0 Å². The molecular weight excluding hydrogens is 328 g/mol. The fourth-order valence-corrected chi connectivity index (χ4v) is 3.60. The molecule has 2 atom stereocenters. The van der Waals surface area contributed by atoms with Crippen molar-refractivity contribution in [2.24, 2.45) is 22.0 Å². The van der Waals surface area contributed by atoms with Crippen molar-refractivity contribution in [1.29, 1.82) is 0 Å². The maximum absolute atomic E-state index is 11.7. The van der Waals surface area contributed by atoms with Crippen LogP contribution in [0.4, 0.5) is 5.82 Å². The smallest absolute Gasteiger partial charge is 0.354 e. The van der Waals surface area contributed by atoms with E-state index in [1.54, 1.807) is 6.92 Å². The number of carbonyl (C=O) groups is 1. The van der Waals surface area contributed by atoms with Crippen LogP contribution in [0.2, 0.25) is 5.15 Å². The van der Waals surface area contributed by atoms with E-state index >= 15 is 0 Å². The van der Waals surface area contributed by atoms with E-state index in [4.69, 9.17) is 16.3 Å². The first-order valence-electron chi connectivity index (χ1n) is 8.33. The van der Waals surface area contributed by atoms with E-state index in [0.717, 1.165) is 42.0 Å². The van der Waals surface area contributed by atoms with Gasteiger partial charge in [-0.1, -0.05) is 17.7 Å². The molecule has 126 valence electrons. The van der Waals surface area contributed by atoms with Gasteiger partial charge < -0.3 is 9.64 Å². The van der Waals surface area contributed by atoms with E-state index in [2.05, 4.69) is 20.1 Å². The molecule has 2 aliphatic heterocycles. The molecule has 7 heteroatoms. The van der Waals surface area contributed by atoms with Crippen molar-refractivity contribution in [3.63, 3.8) is 0 Å². The molecule has 0 aromatic carbocycles. The SMILES string of the molecule is CCOC(=O)C1=NN=C(Cc2ccc(N3CC4CC4C3)nc2Cl)C1. The van der Waals surface area contributed by atoms with Crippen LogP contribution >= 0.6 is 11.6 Å². The molecule has 24 heavy (non-hydrogen) atoms. The number of halogens is 1. The van der Waals surface area contributed by atoms with Gasteiger partial charge in [0.05, 0.1) is 12.3 Å². The second-order valence-electron chi connectivity index (χ2n) is 6.57. The summed E-state index contributed by atoms with van der Waals surface area (Å²) < 4.78 is 4.95. The standard InChI is InChI=1S/C17H19ClN4O2/c1-2-24-17(23)14-7-13(20-21-14)6-10-3-4-15(19-16(10)18)22-8-11-5-12(11)9-22/h3-4,11-12H,2,5-9H2,1H3. The second-order valence-corrected chi connectivity index (χ2v) is 6.93. The lowest BCUT2D eigenvalue weighted by Gasteiger charge is -2.19. The first-order chi connectivity index (χ1) is 11.6. The number of nitrogens with zero attached hydrogens (tertiary/aromatic N) is 4. The van der Waals surface area contributed by atoms with Crippen LogP contribution < -0.4 is 4.90 Å². The summed E-state index contributed by atoms with van der Waals surface area (Å²) in [6, 6.07) is 4.02. The Morgan fingerprint density at radius 2 is 2.12 bits per heavy atom. The third-order valence-electron chi connectivity index (χ3n) is 4.80. The van der Waals surface area contributed by atoms with E-state index in [-0.39, 0.29) is 0 Å². The molecule has 1 saturated carbocycles. The predicted molar refractivity (Wildman–Crippen MR) is 92.9 cm³/mol. The van der Waals surface area contributed by atoms with Gasteiger partial charge in [0.15, 0.2) is 5.71 Å². The van der Waals surface area contributed by atoms with Gasteiger partial charge in [0, 0.05) is 25.9 Å². The largest absolute Gasteiger partial charge is 0.461 e. The fraction of sp³-hybridized carbons (Fsp3) is 0.529. The highest BCUT2D eigenvalue weighted by atomic mass is 35.5. The van der Waals surface area contributed by atoms with Crippen LogP contribution in [-0.4, -0.2) is 42.1 Å². The number of rotatable bonds is 5. The van der Waals surface area contributed by atoms with Gasteiger partial charge in [0.2, 0.25) is 0 Å². The lowest BCUT2D eigenvalue weighted by Crippen LogP contribution is -2.23. The number of aromatic nitrogens is 1. The zero-order chi connectivity index (χ0) is 16.7. The molecule has 1 aromatic heterocycles. The number of anilines is 1. The zero-order valence-corrected chi connectivity index (χ0v) is 14.3. The van der Waals surface area contributed by atoms with E-state index in [1.807, 2.05) is 12.1 Å².